The first-order valence-electron chi connectivity index (χ1n) is 8.75. The summed E-state index contributed by atoms with van der Waals surface area (Å²) in [5.74, 6) is 0.169. The Hall–Kier alpha value is -2.98. The van der Waals surface area contributed by atoms with Crippen LogP contribution in [0.1, 0.15) is 26.7 Å². The first kappa shape index (κ1) is 17.4. The second kappa shape index (κ2) is 7.33. The van der Waals surface area contributed by atoms with Crippen LogP contribution in [-0.4, -0.2) is 10.9 Å². The van der Waals surface area contributed by atoms with Gasteiger partial charge < -0.3 is 10.4 Å². The number of para-hydroxylation sites is 2. The molecule has 1 heterocycles. The quantitative estimate of drug-likeness (QED) is 0.455. The van der Waals surface area contributed by atoms with Crippen molar-refractivity contribution in [1.82, 2.24) is 0 Å². The molecule has 3 aromatic rings. The largest absolute Gasteiger partial charge is 0.506 e. The van der Waals surface area contributed by atoms with Gasteiger partial charge in [0, 0.05) is 22.2 Å². The van der Waals surface area contributed by atoms with Crippen LogP contribution in [0.5, 0.6) is 5.75 Å². The number of aromatic hydroxyl groups is 1. The average Bonchev–Trinajstić information content (AvgIpc) is 2.69. The van der Waals surface area contributed by atoms with E-state index in [0.29, 0.717) is 11.3 Å². The molecule has 0 amide bonds. The van der Waals surface area contributed by atoms with Crippen molar-refractivity contribution in [3.8, 4) is 5.75 Å². The predicted octanol–water partition coefficient (Wildman–Crippen LogP) is 5.73. The molecule has 1 aliphatic heterocycles. The molecule has 3 nitrogen and oxygen atoms in total. The van der Waals surface area contributed by atoms with Crippen molar-refractivity contribution in [3.05, 3.63) is 101 Å². The molecule has 0 aliphatic carbocycles. The Bertz CT molecular complexity index is 1030. The minimum absolute atomic E-state index is 0.0178. The van der Waals surface area contributed by atoms with Crippen molar-refractivity contribution in [3.63, 3.8) is 0 Å². The molecular weight excluding hydrogens is 354 g/mol. The second-order valence-corrected chi connectivity index (χ2v) is 7.65. The van der Waals surface area contributed by atoms with Gasteiger partial charge in [-0.15, -0.1) is 11.8 Å². The highest BCUT2D eigenvalue weighted by Gasteiger charge is 2.32. The van der Waals surface area contributed by atoms with Crippen molar-refractivity contribution in [2.24, 2.45) is 0 Å². The number of rotatable bonds is 3. The van der Waals surface area contributed by atoms with Crippen molar-refractivity contribution in [1.29, 1.82) is 0 Å². The van der Waals surface area contributed by atoms with Gasteiger partial charge in [0.15, 0.2) is 5.78 Å². The highest BCUT2D eigenvalue weighted by molar-refractivity contribution is 8.00. The van der Waals surface area contributed by atoms with Gasteiger partial charge in [-0.2, -0.15) is 0 Å². The van der Waals surface area contributed by atoms with Gasteiger partial charge in [-0.05, 0) is 36.8 Å². The number of aryl methyl sites for hydroxylation is 1. The zero-order valence-corrected chi connectivity index (χ0v) is 15.7. The number of phenolic OH excluding ortho intramolecular Hbond substituents is 1. The fourth-order valence-corrected chi connectivity index (χ4v) is 4.43. The van der Waals surface area contributed by atoms with Gasteiger partial charge in [0.2, 0.25) is 0 Å². The molecule has 1 atom stereocenters. The van der Waals surface area contributed by atoms with Gasteiger partial charge in [-0.25, -0.2) is 0 Å². The number of hydrogen-bond acceptors (Lipinski definition) is 4. The van der Waals surface area contributed by atoms with E-state index < -0.39 is 0 Å². The van der Waals surface area contributed by atoms with E-state index in [-0.39, 0.29) is 16.8 Å². The van der Waals surface area contributed by atoms with Crippen LogP contribution < -0.4 is 5.32 Å². The van der Waals surface area contributed by atoms with Gasteiger partial charge >= 0.3 is 0 Å². The minimum Gasteiger partial charge on any atom is -0.506 e. The molecule has 2 N–H and O–H groups in total. The van der Waals surface area contributed by atoms with Crippen molar-refractivity contribution >= 4 is 23.2 Å². The normalized spacial score (nSPS) is 17.6. The zero-order valence-electron chi connectivity index (χ0n) is 14.8. The van der Waals surface area contributed by atoms with Crippen molar-refractivity contribution in [2.45, 2.75) is 17.1 Å². The molecule has 3 aromatic carbocycles. The molecule has 1 unspecified atom stereocenters. The third-order valence-electron chi connectivity index (χ3n) is 4.56. The lowest BCUT2D eigenvalue weighted by atomic mass is 9.95. The number of Topliss-reactive ketones (excluding diaryl/α,β-unsaturated/α-hetero) is 1. The van der Waals surface area contributed by atoms with Crippen LogP contribution >= 0.6 is 11.8 Å². The molecule has 4 heteroatoms. The Morgan fingerprint density at radius 1 is 1.00 bits per heavy atom. The lowest BCUT2D eigenvalue weighted by molar-refractivity contribution is 0.102. The number of carbonyl (C=O) groups is 1. The van der Waals surface area contributed by atoms with Crippen molar-refractivity contribution in [2.75, 3.05) is 5.32 Å². The summed E-state index contributed by atoms with van der Waals surface area (Å²) in [6, 6.07) is 23.0. The molecule has 0 saturated heterocycles. The summed E-state index contributed by atoms with van der Waals surface area (Å²) in [5.41, 5.74) is 4.12. The van der Waals surface area contributed by atoms with Crippen LogP contribution in [0.2, 0.25) is 0 Å². The highest BCUT2D eigenvalue weighted by Crippen LogP contribution is 2.47. The third-order valence-corrected chi connectivity index (χ3v) is 5.93. The maximum absolute atomic E-state index is 13.3. The van der Waals surface area contributed by atoms with Crippen LogP contribution in [0, 0.1) is 6.92 Å². The van der Waals surface area contributed by atoms with Gasteiger partial charge in [0.05, 0.1) is 10.9 Å². The first-order valence-corrected chi connectivity index (χ1v) is 9.63. The van der Waals surface area contributed by atoms with Crippen LogP contribution in [0.15, 0.2) is 89.5 Å². The van der Waals surface area contributed by atoms with E-state index >= 15 is 0 Å². The molecule has 0 spiro atoms. The lowest BCUT2D eigenvalue weighted by Crippen LogP contribution is -2.17. The summed E-state index contributed by atoms with van der Waals surface area (Å²) < 4.78 is 0. The van der Waals surface area contributed by atoms with E-state index in [2.05, 4.69) is 5.32 Å². The topological polar surface area (TPSA) is 49.3 Å². The molecule has 0 fully saturated rings. The van der Waals surface area contributed by atoms with Gasteiger partial charge in [0.1, 0.15) is 5.75 Å². The highest BCUT2D eigenvalue weighted by atomic mass is 32.2. The first-order chi connectivity index (χ1) is 13.1. The fraction of sp³-hybridized carbons (Fsp3) is 0.0870. The molecule has 0 saturated carbocycles. The number of benzene rings is 3. The number of thioether (sulfide) groups is 1. The molecule has 1 aliphatic rings. The number of phenols is 1. The van der Waals surface area contributed by atoms with Crippen LogP contribution in [-0.2, 0) is 0 Å². The second-order valence-electron chi connectivity index (χ2n) is 6.50. The Kier molecular flexibility index (Phi) is 4.73. The van der Waals surface area contributed by atoms with Crippen LogP contribution in [0.4, 0.5) is 5.69 Å². The summed E-state index contributed by atoms with van der Waals surface area (Å²) in [5, 5.41) is 13.0. The van der Waals surface area contributed by atoms with Gasteiger partial charge in [0.25, 0.3) is 0 Å². The van der Waals surface area contributed by atoms with E-state index in [1.165, 1.54) is 0 Å². The van der Waals surface area contributed by atoms with Crippen LogP contribution in [0.3, 0.4) is 0 Å². The maximum Gasteiger partial charge on any atom is 0.193 e. The number of carbonyl (C=O) groups excluding carboxylic acids is 1. The minimum atomic E-state index is -0.104. The smallest absolute Gasteiger partial charge is 0.193 e. The molecular formula is C23H19NO2S. The molecule has 0 aromatic heterocycles. The summed E-state index contributed by atoms with van der Waals surface area (Å²) in [7, 11) is 0. The molecule has 0 radical (unpaired) electrons. The molecule has 0 bridgehead atoms. The Balaban J connectivity index is 1.78. The lowest BCUT2D eigenvalue weighted by Gasteiger charge is -2.27. The number of ketones is 1. The summed E-state index contributed by atoms with van der Waals surface area (Å²) in [6.45, 7) is 1.99. The number of fused-ring (bicyclic) bond motifs is 1. The van der Waals surface area contributed by atoms with E-state index in [0.717, 1.165) is 21.6 Å². The standard InChI is InChI=1S/C23H19NO2S/c1-15-11-12-21-17(13-15)22(26)18(14-24-19-9-5-6-10-20(19)25)23(27-21)16-7-3-2-4-8-16/h2-14,23-25H,1H3. The fourth-order valence-electron chi connectivity index (χ4n) is 3.16. The molecule has 27 heavy (non-hydrogen) atoms. The van der Waals surface area contributed by atoms with E-state index in [9.17, 15) is 9.90 Å². The summed E-state index contributed by atoms with van der Waals surface area (Å²) >= 11 is 1.68. The maximum atomic E-state index is 13.3. The van der Waals surface area contributed by atoms with Gasteiger partial charge in [-0.1, -0.05) is 54.1 Å². The number of hydrogen-bond donors (Lipinski definition) is 2. The molecule has 134 valence electrons. The Morgan fingerprint density at radius 2 is 1.74 bits per heavy atom. The average molecular weight is 373 g/mol. The molecule has 4 rings (SSSR count). The SMILES string of the molecule is Cc1ccc2c(c1)C(=O)C(=CNc1ccccc1O)C(c1ccccc1)S2. The zero-order chi connectivity index (χ0) is 18.8. The monoisotopic (exact) mass is 373 g/mol. The van der Waals surface area contributed by atoms with E-state index in [4.69, 9.17) is 0 Å². The predicted molar refractivity (Wildman–Crippen MR) is 110 cm³/mol. The Labute approximate surface area is 162 Å². The summed E-state index contributed by atoms with van der Waals surface area (Å²) in [4.78, 5) is 14.3. The number of anilines is 1. The number of nitrogens with one attached hydrogen (secondary N) is 1. The summed E-state index contributed by atoms with van der Waals surface area (Å²) in [6.07, 6.45) is 1.73. The van der Waals surface area contributed by atoms with Crippen molar-refractivity contribution < 1.29 is 9.90 Å². The van der Waals surface area contributed by atoms with E-state index in [1.807, 2.05) is 61.5 Å². The Morgan fingerprint density at radius 3 is 2.52 bits per heavy atom. The third kappa shape index (κ3) is 3.49. The van der Waals surface area contributed by atoms with Crippen LogP contribution in [0.25, 0.3) is 0 Å². The van der Waals surface area contributed by atoms with Gasteiger partial charge in [-0.3, -0.25) is 4.79 Å². The van der Waals surface area contributed by atoms with E-state index in [1.54, 1.807) is 36.2 Å².